The molecule has 0 spiro atoms. The predicted molar refractivity (Wildman–Crippen MR) is 69.3 cm³/mol. The van der Waals surface area contributed by atoms with Crippen molar-refractivity contribution in [3.05, 3.63) is 12.7 Å². The number of fused-ring (bicyclic) bond motifs is 1. The van der Waals surface area contributed by atoms with E-state index in [-0.39, 0.29) is 12.4 Å². The maximum absolute atomic E-state index is 10.1. The Hall–Kier alpha value is -1.42. The summed E-state index contributed by atoms with van der Waals surface area (Å²) in [4.78, 5) is 12.1. The average molecular weight is 283 g/mol. The fourth-order valence-electron chi connectivity index (χ4n) is 2.17. The zero-order valence-electron chi connectivity index (χ0n) is 9.79. The van der Waals surface area contributed by atoms with Gasteiger partial charge in [-0.05, 0) is 0 Å². The molecule has 0 saturated carbocycles. The van der Waals surface area contributed by atoms with Crippen molar-refractivity contribution >= 4 is 28.7 Å². The lowest BCUT2D eigenvalue weighted by atomic mass is 10.1. The number of nitrogens with two attached hydrogens (primary N) is 1. The van der Waals surface area contributed by atoms with E-state index >= 15 is 0 Å². The van der Waals surface area contributed by atoms with Gasteiger partial charge in [0, 0.05) is 0 Å². The number of anilines is 1. The molecule has 0 radical (unpaired) electrons. The van der Waals surface area contributed by atoms with E-state index in [1.807, 2.05) is 0 Å². The molecule has 1 aliphatic heterocycles. The van der Waals surface area contributed by atoms with Crippen molar-refractivity contribution in [2.45, 2.75) is 22.8 Å². The summed E-state index contributed by atoms with van der Waals surface area (Å²) in [5.41, 5.74) is 6.65. The van der Waals surface area contributed by atoms with Crippen LogP contribution in [-0.2, 0) is 0 Å². The van der Waals surface area contributed by atoms with E-state index < -0.39 is 22.8 Å². The molecule has 19 heavy (non-hydrogen) atoms. The molecular formula is C10H13N5O3S. The van der Waals surface area contributed by atoms with Crippen molar-refractivity contribution in [2.75, 3.05) is 12.3 Å². The Morgan fingerprint density at radius 3 is 2.74 bits per heavy atom. The van der Waals surface area contributed by atoms with Gasteiger partial charge in [-0.2, -0.15) is 0 Å². The second kappa shape index (κ2) is 4.60. The number of aromatic nitrogens is 4. The van der Waals surface area contributed by atoms with E-state index in [9.17, 15) is 10.2 Å². The van der Waals surface area contributed by atoms with Gasteiger partial charge >= 0.3 is 0 Å². The van der Waals surface area contributed by atoms with E-state index in [1.54, 1.807) is 4.57 Å². The molecule has 0 amide bonds. The van der Waals surface area contributed by atoms with Gasteiger partial charge in [0.25, 0.3) is 0 Å². The Labute approximate surface area is 112 Å². The molecule has 0 aliphatic carbocycles. The maximum atomic E-state index is 10.1. The summed E-state index contributed by atoms with van der Waals surface area (Å²) < 4.78 is 1.64. The Morgan fingerprint density at radius 2 is 2.05 bits per heavy atom. The first kappa shape index (κ1) is 12.6. The number of nitrogen functional groups attached to an aromatic ring is 1. The van der Waals surface area contributed by atoms with E-state index in [2.05, 4.69) is 15.0 Å². The second-order valence-corrected chi connectivity index (χ2v) is 5.67. The second-order valence-electron chi connectivity index (χ2n) is 4.31. The number of thioether (sulfide) groups is 1. The van der Waals surface area contributed by atoms with E-state index in [1.165, 1.54) is 24.4 Å². The van der Waals surface area contributed by atoms with Crippen LogP contribution in [0.5, 0.6) is 0 Å². The summed E-state index contributed by atoms with van der Waals surface area (Å²) in [5, 5.41) is 28.2. The molecule has 9 heteroatoms. The highest BCUT2D eigenvalue weighted by Crippen LogP contribution is 2.42. The number of imidazole rings is 1. The van der Waals surface area contributed by atoms with Gasteiger partial charge in [-0.25, -0.2) is 15.0 Å². The summed E-state index contributed by atoms with van der Waals surface area (Å²) in [5.74, 6) is 0.264. The van der Waals surface area contributed by atoms with Crippen LogP contribution in [0.25, 0.3) is 11.2 Å². The summed E-state index contributed by atoms with van der Waals surface area (Å²) >= 11 is 1.28. The van der Waals surface area contributed by atoms with Crippen molar-refractivity contribution in [3.63, 3.8) is 0 Å². The zero-order valence-corrected chi connectivity index (χ0v) is 10.6. The number of rotatable bonds is 2. The first-order chi connectivity index (χ1) is 9.13. The van der Waals surface area contributed by atoms with Gasteiger partial charge in [0.1, 0.15) is 23.3 Å². The van der Waals surface area contributed by atoms with E-state index in [4.69, 9.17) is 10.8 Å². The van der Waals surface area contributed by atoms with Crippen molar-refractivity contribution in [2.24, 2.45) is 0 Å². The highest BCUT2D eigenvalue weighted by Gasteiger charge is 2.43. The fourth-order valence-corrected chi connectivity index (χ4v) is 3.54. The first-order valence-electron chi connectivity index (χ1n) is 5.69. The van der Waals surface area contributed by atoms with Crippen molar-refractivity contribution in [3.8, 4) is 0 Å². The Morgan fingerprint density at radius 1 is 1.26 bits per heavy atom. The zero-order chi connectivity index (χ0) is 13.6. The molecule has 8 nitrogen and oxygen atoms in total. The van der Waals surface area contributed by atoms with Crippen LogP contribution in [0.1, 0.15) is 5.37 Å². The highest BCUT2D eigenvalue weighted by molar-refractivity contribution is 8.00. The van der Waals surface area contributed by atoms with Crippen LogP contribution in [0.3, 0.4) is 0 Å². The molecule has 2 aromatic rings. The third kappa shape index (κ3) is 1.86. The van der Waals surface area contributed by atoms with Crippen LogP contribution < -0.4 is 5.73 Å². The lowest BCUT2D eigenvalue weighted by Crippen LogP contribution is -2.32. The molecule has 1 saturated heterocycles. The molecule has 1 aliphatic rings. The lowest BCUT2D eigenvalue weighted by Gasteiger charge is -2.16. The first-order valence-corrected chi connectivity index (χ1v) is 6.63. The lowest BCUT2D eigenvalue weighted by molar-refractivity contribution is 0.0113. The fraction of sp³-hybridized carbons (Fsp3) is 0.500. The molecule has 102 valence electrons. The summed E-state index contributed by atoms with van der Waals surface area (Å²) in [6.07, 6.45) is 0.831. The topological polar surface area (TPSA) is 130 Å². The molecule has 0 unspecified atom stereocenters. The molecular weight excluding hydrogens is 270 g/mol. The predicted octanol–water partition coefficient (Wildman–Crippen LogP) is -1.26. The summed E-state index contributed by atoms with van der Waals surface area (Å²) in [7, 11) is 0. The van der Waals surface area contributed by atoms with Crippen molar-refractivity contribution < 1.29 is 15.3 Å². The molecule has 5 N–H and O–H groups in total. The van der Waals surface area contributed by atoms with Crippen molar-refractivity contribution in [1.29, 1.82) is 0 Å². The third-order valence-electron chi connectivity index (χ3n) is 3.18. The SMILES string of the molecule is Nc1ncnc2c1ncn2[C@@H]1S[C@@H](CO)[C@@H](O)[C@@H]1O. The quantitative estimate of drug-likeness (QED) is 0.537. The number of aliphatic hydroxyl groups excluding tert-OH is 3. The van der Waals surface area contributed by atoms with Gasteiger partial charge in [0.15, 0.2) is 11.5 Å². The standard InChI is InChI=1S/C10H13N5O3S/c11-8-5-9(13-2-12-8)15(3-14-5)10-7(18)6(17)4(1-16)19-10/h2-4,6-7,10,16-18H,1H2,(H2,11,12,13)/t4-,6+,7-,10+/m0/s1. The van der Waals surface area contributed by atoms with Gasteiger partial charge in [-0.3, -0.25) is 4.57 Å². The normalized spacial score (nSPS) is 31.1. The van der Waals surface area contributed by atoms with E-state index in [0.29, 0.717) is 11.2 Å². The van der Waals surface area contributed by atoms with Gasteiger partial charge in [0.05, 0.1) is 24.3 Å². The third-order valence-corrected chi connectivity index (χ3v) is 4.74. The van der Waals surface area contributed by atoms with Gasteiger partial charge in [0.2, 0.25) is 0 Å². The maximum Gasteiger partial charge on any atom is 0.166 e. The minimum absolute atomic E-state index is 0.205. The Balaban J connectivity index is 2.04. The number of aliphatic hydroxyl groups is 3. The number of nitrogens with zero attached hydrogens (tertiary/aromatic N) is 4. The largest absolute Gasteiger partial charge is 0.395 e. The van der Waals surface area contributed by atoms with Crippen LogP contribution in [-0.4, -0.2) is 58.9 Å². The van der Waals surface area contributed by atoms with Crippen LogP contribution in [0.4, 0.5) is 5.82 Å². The van der Waals surface area contributed by atoms with Crippen molar-refractivity contribution in [1.82, 2.24) is 19.5 Å². The number of hydrogen-bond acceptors (Lipinski definition) is 8. The van der Waals surface area contributed by atoms with Gasteiger partial charge < -0.3 is 21.1 Å². The average Bonchev–Trinajstić information content (AvgIpc) is 2.94. The monoisotopic (exact) mass is 283 g/mol. The minimum Gasteiger partial charge on any atom is -0.395 e. The smallest absolute Gasteiger partial charge is 0.166 e. The molecule has 0 bridgehead atoms. The molecule has 4 atom stereocenters. The molecule has 3 heterocycles. The van der Waals surface area contributed by atoms with Crippen LogP contribution in [0.15, 0.2) is 12.7 Å². The summed E-state index contributed by atoms with van der Waals surface area (Å²) in [6, 6.07) is 0. The van der Waals surface area contributed by atoms with E-state index in [0.717, 1.165) is 0 Å². The van der Waals surface area contributed by atoms with Crippen LogP contribution >= 0.6 is 11.8 Å². The molecule has 0 aromatic carbocycles. The Kier molecular flexibility index (Phi) is 3.05. The number of hydrogen-bond donors (Lipinski definition) is 4. The van der Waals surface area contributed by atoms with Crippen LogP contribution in [0.2, 0.25) is 0 Å². The minimum atomic E-state index is -1.00. The molecule has 3 rings (SSSR count). The highest BCUT2D eigenvalue weighted by atomic mass is 32.2. The molecule has 2 aromatic heterocycles. The summed E-state index contributed by atoms with van der Waals surface area (Å²) in [6.45, 7) is -0.205. The van der Waals surface area contributed by atoms with Gasteiger partial charge in [-0.15, -0.1) is 11.8 Å². The van der Waals surface area contributed by atoms with Gasteiger partial charge in [-0.1, -0.05) is 0 Å². The molecule has 1 fully saturated rings. The Bertz CT molecular complexity index is 606. The van der Waals surface area contributed by atoms with Crippen LogP contribution in [0, 0.1) is 0 Å².